The van der Waals surface area contributed by atoms with Gasteiger partial charge in [-0.15, -0.1) is 11.8 Å². The van der Waals surface area contributed by atoms with E-state index in [9.17, 15) is 0 Å². The van der Waals surface area contributed by atoms with E-state index in [1.165, 1.54) is 11.1 Å². The second-order valence-corrected chi connectivity index (χ2v) is 7.33. The average molecular weight is 234 g/mol. The van der Waals surface area contributed by atoms with Crippen LogP contribution in [0.15, 0.2) is 24.3 Å². The third-order valence-corrected chi connectivity index (χ3v) is 5.93. The molecule has 0 saturated carbocycles. The van der Waals surface area contributed by atoms with Crippen molar-refractivity contribution in [2.45, 2.75) is 44.0 Å². The molecule has 2 heterocycles. The first-order valence-corrected chi connectivity index (χ1v) is 6.78. The van der Waals surface area contributed by atoms with Gasteiger partial charge >= 0.3 is 0 Å². The minimum Gasteiger partial charge on any atom is -0.352 e. The van der Waals surface area contributed by atoms with Crippen LogP contribution in [0.4, 0.5) is 0 Å². The van der Waals surface area contributed by atoms with Crippen LogP contribution >= 0.6 is 11.8 Å². The Balaban J connectivity index is 2.21. The van der Waals surface area contributed by atoms with Gasteiger partial charge in [0.05, 0.1) is 6.10 Å². The van der Waals surface area contributed by atoms with Crippen LogP contribution in [0, 0.1) is 5.41 Å². The summed E-state index contributed by atoms with van der Waals surface area (Å²) in [6.45, 7) is 9.17. The summed E-state index contributed by atoms with van der Waals surface area (Å²) < 4.78 is 6.30. The molecule has 3 unspecified atom stereocenters. The largest absolute Gasteiger partial charge is 0.352 e. The minimum absolute atomic E-state index is 0.129. The number of rotatable bonds is 0. The van der Waals surface area contributed by atoms with E-state index in [1.54, 1.807) is 0 Å². The second-order valence-electron chi connectivity index (χ2n) is 5.61. The summed E-state index contributed by atoms with van der Waals surface area (Å²) in [5, 5.41) is 0.614. The summed E-state index contributed by atoms with van der Waals surface area (Å²) in [6.07, 6.45) is 0.255. The maximum atomic E-state index is 6.30. The van der Waals surface area contributed by atoms with Gasteiger partial charge in [-0.1, -0.05) is 45.0 Å². The van der Waals surface area contributed by atoms with E-state index in [0.717, 1.165) is 0 Å². The zero-order chi connectivity index (χ0) is 11.6. The third-order valence-electron chi connectivity index (χ3n) is 4.20. The zero-order valence-electron chi connectivity index (χ0n) is 10.3. The molecule has 1 fully saturated rings. The maximum Gasteiger partial charge on any atom is 0.137 e. The predicted molar refractivity (Wildman–Crippen MR) is 68.5 cm³/mol. The van der Waals surface area contributed by atoms with Crippen molar-refractivity contribution in [1.82, 2.24) is 0 Å². The van der Waals surface area contributed by atoms with Crippen LogP contribution in [0.5, 0.6) is 0 Å². The van der Waals surface area contributed by atoms with Crippen molar-refractivity contribution < 1.29 is 4.74 Å². The highest BCUT2D eigenvalue weighted by molar-refractivity contribution is 8.00. The van der Waals surface area contributed by atoms with Crippen LogP contribution in [0.25, 0.3) is 0 Å². The van der Waals surface area contributed by atoms with Crippen molar-refractivity contribution in [2.75, 3.05) is 0 Å². The van der Waals surface area contributed by atoms with Crippen LogP contribution in [0.2, 0.25) is 0 Å². The lowest BCUT2D eigenvalue weighted by Crippen LogP contribution is -2.39. The fourth-order valence-electron chi connectivity index (χ4n) is 2.84. The van der Waals surface area contributed by atoms with Gasteiger partial charge in [-0.05, 0) is 18.1 Å². The van der Waals surface area contributed by atoms with Gasteiger partial charge in [-0.3, -0.25) is 0 Å². The number of fused-ring (bicyclic) bond motifs is 5. The molecule has 16 heavy (non-hydrogen) atoms. The molecular formula is C14H18OS. The van der Waals surface area contributed by atoms with Crippen molar-refractivity contribution in [2.24, 2.45) is 5.41 Å². The Kier molecular flexibility index (Phi) is 2.03. The number of ether oxygens (including phenoxy) is 1. The molecule has 2 bridgehead atoms. The minimum atomic E-state index is -0.129. The molecule has 1 aromatic carbocycles. The Morgan fingerprint density at radius 2 is 1.88 bits per heavy atom. The Morgan fingerprint density at radius 3 is 2.62 bits per heavy atom. The molecule has 1 aromatic rings. The predicted octanol–water partition coefficient (Wildman–Crippen LogP) is 4.09. The van der Waals surface area contributed by atoms with Gasteiger partial charge in [0.2, 0.25) is 0 Å². The topological polar surface area (TPSA) is 9.23 Å². The molecule has 3 atom stereocenters. The smallest absolute Gasteiger partial charge is 0.137 e. The number of thioether (sulfide) groups is 1. The van der Waals surface area contributed by atoms with Crippen molar-refractivity contribution in [3.05, 3.63) is 35.4 Å². The molecule has 1 nitrogen and oxygen atoms in total. The molecule has 0 amide bonds. The lowest BCUT2D eigenvalue weighted by atomic mass is 9.80. The van der Waals surface area contributed by atoms with Gasteiger partial charge in [0.1, 0.15) is 4.93 Å². The first-order chi connectivity index (χ1) is 7.45. The Morgan fingerprint density at radius 1 is 1.19 bits per heavy atom. The third kappa shape index (κ3) is 1.17. The van der Waals surface area contributed by atoms with E-state index in [1.807, 2.05) is 11.8 Å². The van der Waals surface area contributed by atoms with E-state index in [0.29, 0.717) is 5.25 Å². The molecule has 0 radical (unpaired) electrons. The highest BCUT2D eigenvalue weighted by atomic mass is 32.2. The molecular weight excluding hydrogens is 216 g/mol. The Bertz CT molecular complexity index is 436. The molecule has 1 saturated heterocycles. The van der Waals surface area contributed by atoms with Crippen LogP contribution in [-0.4, -0.2) is 5.25 Å². The maximum absolute atomic E-state index is 6.30. The summed E-state index contributed by atoms with van der Waals surface area (Å²) in [6, 6.07) is 8.69. The summed E-state index contributed by atoms with van der Waals surface area (Å²) in [7, 11) is 0. The molecule has 0 aromatic heterocycles. The number of benzene rings is 1. The SMILES string of the molecule is CC1SC2(C)OC(c3ccccc32)C1(C)C. The van der Waals surface area contributed by atoms with Crippen molar-refractivity contribution in [3.8, 4) is 0 Å². The summed E-state index contributed by atoms with van der Waals surface area (Å²) >= 11 is 1.96. The van der Waals surface area contributed by atoms with Gasteiger partial charge in [0.15, 0.2) is 0 Å². The first-order valence-electron chi connectivity index (χ1n) is 5.90. The van der Waals surface area contributed by atoms with Crippen molar-refractivity contribution >= 4 is 11.8 Å². The summed E-state index contributed by atoms with van der Waals surface area (Å²) in [4.78, 5) is -0.129. The number of hydrogen-bond donors (Lipinski definition) is 0. The fourth-order valence-corrected chi connectivity index (χ4v) is 4.40. The lowest BCUT2D eigenvalue weighted by Gasteiger charge is -2.45. The van der Waals surface area contributed by atoms with E-state index in [-0.39, 0.29) is 16.5 Å². The Labute approximate surface area is 102 Å². The highest BCUT2D eigenvalue weighted by Crippen LogP contribution is 2.64. The molecule has 0 N–H and O–H groups in total. The van der Waals surface area contributed by atoms with Crippen LogP contribution in [0.1, 0.15) is 44.9 Å². The second kappa shape index (κ2) is 3.05. The van der Waals surface area contributed by atoms with Gasteiger partial charge in [-0.25, -0.2) is 0 Å². The quantitative estimate of drug-likeness (QED) is 0.668. The Hall–Kier alpha value is -0.470. The van der Waals surface area contributed by atoms with Crippen molar-refractivity contribution in [1.29, 1.82) is 0 Å². The molecule has 2 heteroatoms. The molecule has 2 aliphatic rings. The summed E-state index contributed by atoms with van der Waals surface area (Å²) in [5.41, 5.74) is 2.98. The van der Waals surface area contributed by atoms with E-state index < -0.39 is 0 Å². The van der Waals surface area contributed by atoms with Gasteiger partial charge < -0.3 is 4.74 Å². The molecule has 2 aliphatic heterocycles. The van der Waals surface area contributed by atoms with E-state index in [4.69, 9.17) is 4.74 Å². The lowest BCUT2D eigenvalue weighted by molar-refractivity contribution is -0.0774. The van der Waals surface area contributed by atoms with Gasteiger partial charge in [0, 0.05) is 10.7 Å². The van der Waals surface area contributed by atoms with Gasteiger partial charge in [-0.2, -0.15) is 0 Å². The van der Waals surface area contributed by atoms with Crippen LogP contribution < -0.4 is 0 Å². The fraction of sp³-hybridized carbons (Fsp3) is 0.571. The molecule has 0 spiro atoms. The summed E-state index contributed by atoms with van der Waals surface area (Å²) in [5.74, 6) is 0. The standard InChI is InChI=1S/C14H18OS/c1-9-13(2,3)12-10-7-5-6-8-11(10)14(4,15-12)16-9/h5-9,12H,1-4H3. The van der Waals surface area contributed by atoms with Crippen LogP contribution in [0.3, 0.4) is 0 Å². The average Bonchev–Trinajstić information content (AvgIpc) is 2.50. The van der Waals surface area contributed by atoms with Crippen LogP contribution in [-0.2, 0) is 9.67 Å². The zero-order valence-corrected chi connectivity index (χ0v) is 11.1. The normalized spacial score (nSPS) is 39.5. The van der Waals surface area contributed by atoms with E-state index in [2.05, 4.69) is 52.0 Å². The van der Waals surface area contributed by atoms with E-state index >= 15 is 0 Å². The highest BCUT2D eigenvalue weighted by Gasteiger charge is 2.55. The van der Waals surface area contributed by atoms with Gasteiger partial charge in [0.25, 0.3) is 0 Å². The molecule has 0 aliphatic carbocycles. The number of hydrogen-bond acceptors (Lipinski definition) is 2. The van der Waals surface area contributed by atoms with Crippen molar-refractivity contribution in [3.63, 3.8) is 0 Å². The molecule has 86 valence electrons. The monoisotopic (exact) mass is 234 g/mol. The molecule has 3 rings (SSSR count). The first kappa shape index (κ1) is 10.7.